The number of benzene rings is 1. The molecule has 42 heavy (non-hydrogen) atoms. The molecular formula is C31H39F2N7OS. The molecule has 11 heteroatoms. The van der Waals surface area contributed by atoms with E-state index < -0.39 is 11.6 Å². The highest BCUT2D eigenvalue weighted by molar-refractivity contribution is 7.23. The van der Waals surface area contributed by atoms with Gasteiger partial charge in [0.25, 0.3) is 0 Å². The molecule has 1 atom stereocenters. The SMILES string of the molecule is CC.CC1CCN(c2nc(N(C)C)c3c4c(c(-c5ncc(F)c6sc(N)c(C#N)c56)c(F)c3n2)COC4)C1.CCCC. The van der Waals surface area contributed by atoms with Gasteiger partial charge in [-0.2, -0.15) is 10.2 Å². The van der Waals surface area contributed by atoms with E-state index in [0.29, 0.717) is 28.6 Å². The number of hydrogen-bond donors (Lipinski definition) is 1. The van der Waals surface area contributed by atoms with Crippen LogP contribution in [0.3, 0.4) is 0 Å². The molecule has 0 radical (unpaired) electrons. The van der Waals surface area contributed by atoms with E-state index in [1.807, 2.05) is 38.9 Å². The molecule has 2 aliphatic heterocycles. The van der Waals surface area contributed by atoms with Crippen molar-refractivity contribution in [1.82, 2.24) is 15.0 Å². The van der Waals surface area contributed by atoms with Crippen LogP contribution < -0.4 is 15.5 Å². The first-order chi connectivity index (χ1) is 20.2. The normalized spacial score (nSPS) is 15.6. The van der Waals surface area contributed by atoms with Gasteiger partial charge in [0, 0.05) is 38.1 Å². The zero-order valence-electron chi connectivity index (χ0n) is 25.4. The zero-order chi connectivity index (χ0) is 30.7. The average molecular weight is 596 g/mol. The van der Waals surface area contributed by atoms with Gasteiger partial charge in [-0.1, -0.05) is 47.5 Å². The second-order valence-corrected chi connectivity index (χ2v) is 11.6. The fourth-order valence-corrected chi connectivity index (χ4v) is 6.14. The molecule has 6 rings (SSSR count). The first-order valence-corrected chi connectivity index (χ1v) is 15.3. The fourth-order valence-electron chi connectivity index (χ4n) is 5.22. The standard InChI is InChI=1S/C25H23F2N7OS.C4H10.C2H6/c1-11-4-5-34(8-11)25-31-21-18(24(32-25)33(2)3)14-10-35-9-13(14)16(19(21)27)20-17-12(6-28)23(29)36-22(17)15(26)7-30-20;1-3-4-2;1-2/h7,11H,4-5,8-10,29H2,1-3H3;3-4H2,1-2H3;1-2H3. The van der Waals surface area contributed by atoms with Crippen molar-refractivity contribution in [2.24, 2.45) is 5.92 Å². The number of nitriles is 1. The van der Waals surface area contributed by atoms with Crippen molar-refractivity contribution in [3.8, 4) is 17.3 Å². The summed E-state index contributed by atoms with van der Waals surface area (Å²) >= 11 is 0.955. The van der Waals surface area contributed by atoms with Crippen molar-refractivity contribution in [2.45, 2.75) is 67.1 Å². The van der Waals surface area contributed by atoms with Gasteiger partial charge in [0.2, 0.25) is 5.95 Å². The number of aromatic nitrogens is 3. The summed E-state index contributed by atoms with van der Waals surface area (Å²) in [4.78, 5) is 17.7. The maximum atomic E-state index is 16.6. The number of thiophene rings is 1. The summed E-state index contributed by atoms with van der Waals surface area (Å²) < 4.78 is 37.3. The Hall–Kier alpha value is -3.62. The van der Waals surface area contributed by atoms with E-state index in [1.165, 1.54) is 12.8 Å². The van der Waals surface area contributed by atoms with E-state index in [2.05, 4.69) is 30.7 Å². The predicted molar refractivity (Wildman–Crippen MR) is 168 cm³/mol. The van der Waals surface area contributed by atoms with Crippen LogP contribution in [-0.2, 0) is 18.0 Å². The Labute approximate surface area is 250 Å². The number of halogens is 2. The lowest BCUT2D eigenvalue weighted by Crippen LogP contribution is -2.24. The van der Waals surface area contributed by atoms with Crippen LogP contribution in [0.5, 0.6) is 0 Å². The quantitative estimate of drug-likeness (QED) is 0.260. The van der Waals surface area contributed by atoms with E-state index >= 15 is 4.39 Å². The van der Waals surface area contributed by atoms with E-state index in [9.17, 15) is 9.65 Å². The van der Waals surface area contributed by atoms with Gasteiger partial charge in [0.1, 0.15) is 22.4 Å². The van der Waals surface area contributed by atoms with Crippen LogP contribution >= 0.6 is 11.3 Å². The fraction of sp³-hybridized carbons (Fsp3) is 0.484. The van der Waals surface area contributed by atoms with E-state index in [-0.39, 0.29) is 50.6 Å². The number of anilines is 3. The van der Waals surface area contributed by atoms with Crippen LogP contribution in [0.15, 0.2) is 6.20 Å². The van der Waals surface area contributed by atoms with Gasteiger partial charge in [-0.25, -0.2) is 13.8 Å². The molecule has 1 unspecified atom stereocenters. The molecule has 224 valence electrons. The Balaban J connectivity index is 0.000000624. The Morgan fingerprint density at radius 3 is 2.43 bits per heavy atom. The first kappa shape index (κ1) is 31.3. The third-order valence-corrected chi connectivity index (χ3v) is 8.47. The molecular weight excluding hydrogens is 556 g/mol. The highest BCUT2D eigenvalue weighted by Gasteiger charge is 2.32. The minimum atomic E-state index is -0.608. The van der Waals surface area contributed by atoms with Crippen molar-refractivity contribution in [3.05, 3.63) is 34.5 Å². The molecule has 1 saturated heterocycles. The second-order valence-electron chi connectivity index (χ2n) is 10.6. The van der Waals surface area contributed by atoms with E-state index in [0.717, 1.165) is 42.6 Å². The molecule has 0 bridgehead atoms. The van der Waals surface area contributed by atoms with E-state index in [4.69, 9.17) is 20.4 Å². The number of unbranched alkanes of at least 4 members (excludes halogenated alkanes) is 1. The lowest BCUT2D eigenvalue weighted by Gasteiger charge is -2.23. The van der Waals surface area contributed by atoms with Crippen LogP contribution in [0, 0.1) is 28.9 Å². The molecule has 0 spiro atoms. The summed E-state index contributed by atoms with van der Waals surface area (Å²) in [7, 11) is 3.73. The molecule has 2 aliphatic rings. The predicted octanol–water partition coefficient (Wildman–Crippen LogP) is 7.41. The third kappa shape index (κ3) is 5.45. The van der Waals surface area contributed by atoms with Gasteiger partial charge < -0.3 is 20.3 Å². The first-order valence-electron chi connectivity index (χ1n) is 14.5. The number of pyridine rings is 1. The van der Waals surface area contributed by atoms with Gasteiger partial charge in [-0.3, -0.25) is 4.98 Å². The van der Waals surface area contributed by atoms with Crippen LogP contribution in [0.25, 0.3) is 32.2 Å². The Morgan fingerprint density at radius 2 is 1.83 bits per heavy atom. The molecule has 5 heterocycles. The van der Waals surface area contributed by atoms with Gasteiger partial charge in [-0.15, -0.1) is 11.3 Å². The average Bonchev–Trinajstić information content (AvgIpc) is 3.73. The van der Waals surface area contributed by atoms with Crippen molar-refractivity contribution in [1.29, 1.82) is 5.26 Å². The number of rotatable bonds is 4. The molecule has 0 aliphatic carbocycles. The Bertz CT molecular complexity index is 1650. The number of nitrogens with two attached hydrogens (primary N) is 1. The summed E-state index contributed by atoms with van der Waals surface area (Å²) in [5.74, 6) is 0.363. The molecule has 1 fully saturated rings. The second kappa shape index (κ2) is 13.1. The molecule has 8 nitrogen and oxygen atoms in total. The molecule has 4 aromatic rings. The van der Waals surface area contributed by atoms with Crippen LogP contribution in [0.2, 0.25) is 0 Å². The van der Waals surface area contributed by atoms with Gasteiger partial charge in [0.05, 0.1) is 40.8 Å². The smallest absolute Gasteiger partial charge is 0.228 e. The molecule has 1 aromatic carbocycles. The van der Waals surface area contributed by atoms with Crippen molar-refractivity contribution >= 4 is 49.1 Å². The number of fused-ring (bicyclic) bond motifs is 4. The van der Waals surface area contributed by atoms with Crippen LogP contribution in [0.4, 0.5) is 25.5 Å². The van der Waals surface area contributed by atoms with Crippen LogP contribution in [-0.4, -0.2) is 42.1 Å². The highest BCUT2D eigenvalue weighted by Crippen LogP contribution is 2.46. The van der Waals surface area contributed by atoms with Gasteiger partial charge in [-0.05, 0) is 23.5 Å². The van der Waals surface area contributed by atoms with E-state index in [1.54, 1.807) is 0 Å². The van der Waals surface area contributed by atoms with Gasteiger partial charge in [0.15, 0.2) is 11.6 Å². The number of ether oxygens (including phenoxy) is 1. The molecule has 0 amide bonds. The maximum absolute atomic E-state index is 16.6. The summed E-state index contributed by atoms with van der Waals surface area (Å²) in [5.41, 5.74) is 7.97. The number of hydrogen-bond acceptors (Lipinski definition) is 9. The maximum Gasteiger partial charge on any atom is 0.228 e. The lowest BCUT2D eigenvalue weighted by atomic mass is 9.93. The number of nitrogens with zero attached hydrogens (tertiary/aromatic N) is 6. The highest BCUT2D eigenvalue weighted by atomic mass is 32.1. The summed E-state index contributed by atoms with van der Waals surface area (Å²) in [6.45, 7) is 12.5. The Morgan fingerprint density at radius 1 is 1.14 bits per heavy atom. The summed E-state index contributed by atoms with van der Waals surface area (Å²) in [5, 5.41) is 10.7. The van der Waals surface area contributed by atoms with Crippen molar-refractivity contribution in [2.75, 3.05) is 42.7 Å². The lowest BCUT2D eigenvalue weighted by molar-refractivity contribution is 0.135. The third-order valence-electron chi connectivity index (χ3n) is 7.44. The molecule has 3 aromatic heterocycles. The summed E-state index contributed by atoms with van der Waals surface area (Å²) in [6.07, 6.45) is 4.70. The number of nitrogen functional groups attached to an aromatic ring is 1. The van der Waals surface area contributed by atoms with Crippen molar-refractivity contribution in [3.63, 3.8) is 0 Å². The topological polar surface area (TPSA) is 104 Å². The van der Waals surface area contributed by atoms with Gasteiger partial charge >= 0.3 is 0 Å². The minimum absolute atomic E-state index is 0.0903. The zero-order valence-corrected chi connectivity index (χ0v) is 26.3. The summed E-state index contributed by atoms with van der Waals surface area (Å²) in [6, 6.07) is 2.04. The van der Waals surface area contributed by atoms with Crippen molar-refractivity contribution < 1.29 is 13.5 Å². The monoisotopic (exact) mass is 595 g/mol. The minimum Gasteiger partial charge on any atom is -0.389 e. The largest absolute Gasteiger partial charge is 0.389 e. The van der Waals surface area contributed by atoms with Crippen LogP contribution in [0.1, 0.15) is 70.6 Å². The Kier molecular flexibility index (Phi) is 9.79. The molecule has 2 N–H and O–H groups in total. The molecule has 0 saturated carbocycles.